The van der Waals surface area contributed by atoms with Crippen molar-refractivity contribution in [2.75, 3.05) is 83.4 Å². The molecule has 4 aromatic carbocycles. The Balaban J connectivity index is 1.70. The van der Waals surface area contributed by atoms with Crippen molar-refractivity contribution in [1.29, 1.82) is 0 Å². The molecule has 4 aromatic rings. The third-order valence-corrected chi connectivity index (χ3v) is 12.8. The van der Waals surface area contributed by atoms with Gasteiger partial charge in [0.05, 0.1) is 0 Å². The van der Waals surface area contributed by atoms with Gasteiger partial charge in [0.25, 0.3) is 0 Å². The van der Waals surface area contributed by atoms with E-state index >= 15 is 0 Å². The van der Waals surface area contributed by atoms with Crippen molar-refractivity contribution in [3.63, 3.8) is 0 Å². The molecular formula is C48H66O12S3. The van der Waals surface area contributed by atoms with Gasteiger partial charge < -0.3 is 56.8 Å². The molecule has 0 saturated carbocycles. The highest BCUT2D eigenvalue weighted by molar-refractivity contribution is 7.98. The molecule has 0 aromatic heterocycles. The Morgan fingerprint density at radius 3 is 0.667 bits per heavy atom. The molecule has 0 N–H and O–H groups in total. The summed E-state index contributed by atoms with van der Waals surface area (Å²) in [4.78, 5) is 0. The Hall–Kier alpha value is -3.51. The molecule has 63 heavy (non-hydrogen) atoms. The van der Waals surface area contributed by atoms with Gasteiger partial charge in [-0.25, -0.2) is 0 Å². The first kappa shape index (κ1) is 52.1. The van der Waals surface area contributed by atoms with Gasteiger partial charge in [-0.1, -0.05) is 20.8 Å². The predicted molar refractivity (Wildman–Crippen MR) is 254 cm³/mol. The molecule has 0 heterocycles. The van der Waals surface area contributed by atoms with Crippen LogP contribution in [0.2, 0.25) is 0 Å². The maximum absolute atomic E-state index is 5.84. The van der Waals surface area contributed by atoms with Crippen LogP contribution in [-0.4, -0.2) is 83.4 Å². The fourth-order valence-electron chi connectivity index (χ4n) is 7.11. The smallest absolute Gasteiger partial charge is 0.188 e. The van der Waals surface area contributed by atoms with E-state index < -0.39 is 0 Å². The van der Waals surface area contributed by atoms with E-state index in [0.29, 0.717) is 34.5 Å². The number of thioether (sulfide) groups is 3. The summed E-state index contributed by atoms with van der Waals surface area (Å²) in [6, 6.07) is 17.9. The highest BCUT2D eigenvalue weighted by atomic mass is 32.2. The van der Waals surface area contributed by atoms with Crippen LogP contribution in [0.1, 0.15) is 70.8 Å². The minimum Gasteiger partial charge on any atom is -0.467 e. The number of hydrogen-bond acceptors (Lipinski definition) is 15. The molecule has 0 aliphatic rings. The molecule has 0 aliphatic heterocycles. The number of hydrogen-bond donors (Lipinski definition) is 0. The Labute approximate surface area is 387 Å². The largest absolute Gasteiger partial charge is 0.467 e. The van der Waals surface area contributed by atoms with Crippen LogP contribution in [0.25, 0.3) is 0 Å². The lowest BCUT2D eigenvalue weighted by Crippen LogP contribution is -2.12. The van der Waals surface area contributed by atoms with Gasteiger partial charge in [-0.05, 0) is 106 Å². The van der Waals surface area contributed by atoms with Gasteiger partial charge in [0.2, 0.25) is 0 Å². The lowest BCUT2D eigenvalue weighted by atomic mass is 9.85. The minimum absolute atomic E-state index is 0.150. The summed E-state index contributed by atoms with van der Waals surface area (Å²) in [6.07, 6.45) is 2.80. The van der Waals surface area contributed by atoms with Crippen molar-refractivity contribution in [3.8, 4) is 34.5 Å². The maximum Gasteiger partial charge on any atom is 0.188 e. The number of methoxy groups -OCH3 is 6. The second-order valence-electron chi connectivity index (χ2n) is 14.2. The van der Waals surface area contributed by atoms with E-state index in [9.17, 15) is 0 Å². The molecule has 0 radical (unpaired) electrons. The lowest BCUT2D eigenvalue weighted by molar-refractivity contribution is 0.0456. The van der Waals surface area contributed by atoms with Crippen molar-refractivity contribution >= 4 is 35.3 Å². The molecule has 12 nitrogen and oxygen atoms in total. The highest BCUT2D eigenvalue weighted by Crippen LogP contribution is 2.39. The molecule has 0 amide bonds. The Morgan fingerprint density at radius 2 is 0.492 bits per heavy atom. The molecule has 0 aliphatic carbocycles. The van der Waals surface area contributed by atoms with Crippen LogP contribution in [0, 0.1) is 0 Å². The molecule has 0 atom stereocenters. The molecule has 15 heteroatoms. The van der Waals surface area contributed by atoms with Crippen molar-refractivity contribution in [2.45, 2.75) is 74.6 Å². The summed E-state index contributed by atoms with van der Waals surface area (Å²) < 4.78 is 66.1. The van der Waals surface area contributed by atoms with E-state index in [4.69, 9.17) is 56.8 Å². The zero-order valence-corrected chi connectivity index (χ0v) is 40.9. The first-order valence-corrected chi connectivity index (χ1v) is 24.3. The number of ether oxygens (including phenoxy) is 12. The van der Waals surface area contributed by atoms with Crippen LogP contribution >= 0.6 is 35.3 Å². The zero-order chi connectivity index (χ0) is 45.2. The average molecular weight is 931 g/mol. The van der Waals surface area contributed by atoms with E-state index in [1.54, 1.807) is 42.7 Å². The topological polar surface area (TPSA) is 111 Å². The van der Waals surface area contributed by atoms with Gasteiger partial charge in [0.15, 0.2) is 40.8 Å². The van der Waals surface area contributed by atoms with Crippen LogP contribution in [0.5, 0.6) is 34.5 Å². The summed E-state index contributed by atoms with van der Waals surface area (Å²) >= 11 is 5.71. The molecule has 4 rings (SSSR count). The van der Waals surface area contributed by atoms with Gasteiger partial charge in [-0.15, -0.1) is 0 Å². The van der Waals surface area contributed by atoms with E-state index in [2.05, 4.69) is 57.2 Å². The average Bonchev–Trinajstić information content (AvgIpc) is 3.29. The first-order chi connectivity index (χ1) is 30.8. The van der Waals surface area contributed by atoms with Crippen LogP contribution in [0.4, 0.5) is 0 Å². The summed E-state index contributed by atoms with van der Waals surface area (Å²) in [7, 11) is 9.67. The van der Waals surface area contributed by atoms with Gasteiger partial charge >= 0.3 is 0 Å². The van der Waals surface area contributed by atoms with Crippen LogP contribution in [0.3, 0.4) is 0 Å². The SMILES string of the molecule is CCc1c(CSCc2cc(OCOC)cc(OCOC)c2)c(CC)c(CSCc2cc(OCOC)cc(OCOC)c2)c(CC)c1CSCc1cc(OCOC)cc(OCOC)c1. The van der Waals surface area contributed by atoms with E-state index in [1.807, 2.05) is 53.5 Å². The van der Waals surface area contributed by atoms with Crippen molar-refractivity contribution in [3.05, 3.63) is 105 Å². The van der Waals surface area contributed by atoms with Crippen molar-refractivity contribution in [2.24, 2.45) is 0 Å². The van der Waals surface area contributed by atoms with Gasteiger partial charge in [-0.3, -0.25) is 0 Å². The van der Waals surface area contributed by atoms with Gasteiger partial charge in [0.1, 0.15) is 34.5 Å². The lowest BCUT2D eigenvalue weighted by Gasteiger charge is -2.26. The molecule has 0 fully saturated rings. The maximum atomic E-state index is 5.84. The fraction of sp³-hybridized carbons (Fsp3) is 0.500. The summed E-state index contributed by atoms with van der Waals surface area (Å²) in [5, 5.41) is 0. The first-order valence-electron chi connectivity index (χ1n) is 20.9. The summed E-state index contributed by atoms with van der Waals surface area (Å²) in [6.45, 7) is 7.77. The summed E-state index contributed by atoms with van der Waals surface area (Å²) in [5.41, 5.74) is 12.0. The normalized spacial score (nSPS) is 11.2. The van der Waals surface area contributed by atoms with Crippen LogP contribution in [0.15, 0.2) is 54.6 Å². The third kappa shape index (κ3) is 17.1. The second-order valence-corrected chi connectivity index (χ2v) is 17.1. The number of benzene rings is 4. The van der Waals surface area contributed by atoms with Gasteiger partial charge in [0, 0.05) is 95.4 Å². The van der Waals surface area contributed by atoms with Gasteiger partial charge in [-0.2, -0.15) is 35.3 Å². The Bertz CT molecular complexity index is 1630. The standard InChI is InChI=1S/C48H66O12S3/c1-10-43-46(25-61-22-34-13-37(55-28-49-4)19-38(14-34)56-29-50-5)44(11-2)48(27-63-24-36-17-41(59-32-53-8)21-42(18-36)60-33-54-9)45(12-3)47(43)26-62-23-35-15-39(57-30-51-6)20-40(16-35)58-31-52-7/h13-21H,10-12,22-33H2,1-9H3. The van der Waals surface area contributed by atoms with E-state index in [0.717, 1.165) is 70.5 Å². The molecule has 0 bridgehead atoms. The number of rotatable bonds is 33. The van der Waals surface area contributed by atoms with E-state index in [1.165, 1.54) is 33.4 Å². The van der Waals surface area contributed by atoms with Crippen LogP contribution < -0.4 is 28.4 Å². The third-order valence-electron chi connectivity index (χ3n) is 9.67. The summed E-state index contributed by atoms with van der Waals surface area (Å²) in [5.74, 6) is 9.05. The molecular weight excluding hydrogens is 865 g/mol. The predicted octanol–water partition coefficient (Wildman–Crippen LogP) is 10.6. The highest BCUT2D eigenvalue weighted by Gasteiger charge is 2.22. The molecule has 0 unspecified atom stereocenters. The fourth-order valence-corrected chi connectivity index (χ4v) is 10.3. The monoisotopic (exact) mass is 930 g/mol. The van der Waals surface area contributed by atoms with Crippen molar-refractivity contribution in [1.82, 2.24) is 0 Å². The Kier molecular flexibility index (Phi) is 24.7. The van der Waals surface area contributed by atoms with E-state index in [-0.39, 0.29) is 40.8 Å². The second kappa shape index (κ2) is 29.8. The zero-order valence-electron chi connectivity index (χ0n) is 38.4. The Morgan fingerprint density at radius 1 is 0.286 bits per heavy atom. The molecule has 0 spiro atoms. The minimum atomic E-state index is 0.150. The van der Waals surface area contributed by atoms with Crippen molar-refractivity contribution < 1.29 is 56.8 Å². The molecule has 348 valence electrons. The molecule has 0 saturated heterocycles. The van der Waals surface area contributed by atoms with Crippen LogP contribution in [-0.2, 0) is 82.2 Å². The quantitative estimate of drug-likeness (QED) is 0.0422.